The lowest BCUT2D eigenvalue weighted by Gasteiger charge is -2.15. The summed E-state index contributed by atoms with van der Waals surface area (Å²) in [5, 5.41) is 1.91. The number of hydrogen-bond donors (Lipinski definition) is 0. The van der Waals surface area contributed by atoms with Gasteiger partial charge in [0.15, 0.2) is 5.76 Å². The first-order chi connectivity index (χ1) is 10.6. The van der Waals surface area contributed by atoms with Gasteiger partial charge in [0, 0.05) is 7.05 Å². The van der Waals surface area contributed by atoms with E-state index in [0.717, 1.165) is 10.2 Å². The van der Waals surface area contributed by atoms with E-state index in [4.69, 9.17) is 4.42 Å². The molecular weight excluding hydrogens is 302 g/mol. The normalized spacial score (nSPS) is 10.8. The van der Waals surface area contributed by atoms with Crippen LogP contribution in [0.2, 0.25) is 0 Å². The van der Waals surface area contributed by atoms with Crippen LogP contribution in [0.3, 0.4) is 0 Å². The van der Waals surface area contributed by atoms with Crippen molar-refractivity contribution in [3.05, 3.63) is 29.8 Å². The van der Waals surface area contributed by atoms with Gasteiger partial charge in [0.1, 0.15) is 11.5 Å². The van der Waals surface area contributed by atoms with Crippen LogP contribution < -0.4 is 4.90 Å². The number of ketones is 1. The lowest BCUT2D eigenvalue weighted by molar-refractivity contribution is -0.125. The van der Waals surface area contributed by atoms with E-state index in [2.05, 4.69) is 9.97 Å². The lowest BCUT2D eigenvalue weighted by Crippen LogP contribution is -2.29. The number of carbonyl (C=O) groups is 2. The maximum absolute atomic E-state index is 12.0. The second kappa shape index (κ2) is 5.69. The van der Waals surface area contributed by atoms with Gasteiger partial charge in [0.2, 0.25) is 11.9 Å². The highest BCUT2D eigenvalue weighted by molar-refractivity contribution is 7.17. The first kappa shape index (κ1) is 14.4. The molecular formula is C15H13N3O3S. The zero-order valence-corrected chi connectivity index (χ0v) is 12.9. The third kappa shape index (κ3) is 2.62. The Morgan fingerprint density at radius 2 is 2.14 bits per heavy atom. The number of aromatic nitrogens is 2. The Labute approximate surface area is 130 Å². The molecule has 0 spiro atoms. The van der Waals surface area contributed by atoms with Crippen LogP contribution in [0.15, 0.2) is 34.3 Å². The van der Waals surface area contributed by atoms with Gasteiger partial charge in [0.05, 0.1) is 22.9 Å². The highest BCUT2D eigenvalue weighted by Gasteiger charge is 2.19. The zero-order chi connectivity index (χ0) is 15.7. The smallest absolute Gasteiger partial charge is 0.236 e. The fourth-order valence-corrected chi connectivity index (χ4v) is 2.85. The molecule has 0 aliphatic carbocycles. The topological polar surface area (TPSA) is 76.3 Å². The van der Waals surface area contributed by atoms with Gasteiger partial charge in [-0.15, -0.1) is 11.3 Å². The van der Waals surface area contributed by atoms with Gasteiger partial charge < -0.3 is 4.42 Å². The first-order valence-electron chi connectivity index (χ1n) is 6.61. The van der Waals surface area contributed by atoms with Crippen molar-refractivity contribution >= 4 is 39.2 Å². The molecule has 22 heavy (non-hydrogen) atoms. The Morgan fingerprint density at radius 3 is 2.82 bits per heavy atom. The molecule has 0 atom stereocenters. The van der Waals surface area contributed by atoms with Crippen molar-refractivity contribution in [2.24, 2.45) is 0 Å². The molecule has 3 rings (SSSR count). The van der Waals surface area contributed by atoms with Crippen molar-refractivity contribution in [3.8, 4) is 11.5 Å². The van der Waals surface area contributed by atoms with E-state index >= 15 is 0 Å². The van der Waals surface area contributed by atoms with Gasteiger partial charge in [0.25, 0.3) is 0 Å². The number of fused-ring (bicyclic) bond motifs is 1. The number of nitrogens with zero attached hydrogens (tertiary/aromatic N) is 3. The van der Waals surface area contributed by atoms with Crippen LogP contribution in [0, 0.1) is 0 Å². The van der Waals surface area contributed by atoms with Crippen molar-refractivity contribution in [1.82, 2.24) is 9.97 Å². The monoisotopic (exact) mass is 315 g/mol. The predicted molar refractivity (Wildman–Crippen MR) is 83.8 cm³/mol. The van der Waals surface area contributed by atoms with Crippen molar-refractivity contribution < 1.29 is 14.0 Å². The van der Waals surface area contributed by atoms with Crippen LogP contribution in [0.1, 0.15) is 13.3 Å². The summed E-state index contributed by atoms with van der Waals surface area (Å²) in [7, 11) is 1.56. The average Bonchev–Trinajstić information content (AvgIpc) is 3.15. The van der Waals surface area contributed by atoms with E-state index in [1.807, 2.05) is 17.5 Å². The lowest BCUT2D eigenvalue weighted by atomic mass is 10.3. The molecule has 3 aromatic rings. The van der Waals surface area contributed by atoms with Crippen LogP contribution in [-0.2, 0) is 9.59 Å². The predicted octanol–water partition coefficient (Wildman–Crippen LogP) is 2.89. The van der Waals surface area contributed by atoms with E-state index in [1.165, 1.54) is 23.2 Å². The van der Waals surface area contributed by atoms with Crippen molar-refractivity contribution in [2.75, 3.05) is 11.9 Å². The molecule has 7 heteroatoms. The zero-order valence-electron chi connectivity index (χ0n) is 12.1. The Morgan fingerprint density at radius 1 is 1.32 bits per heavy atom. The van der Waals surface area contributed by atoms with Crippen molar-refractivity contribution in [2.45, 2.75) is 13.3 Å². The molecule has 0 unspecified atom stereocenters. The second-order valence-corrected chi connectivity index (χ2v) is 5.73. The molecule has 0 N–H and O–H groups in total. The SMILES string of the molecule is CC(=O)CC(=O)N(C)c1nc(-c2ccco2)c2sccc2n1. The largest absolute Gasteiger partial charge is 0.463 e. The second-order valence-electron chi connectivity index (χ2n) is 4.82. The molecule has 0 fully saturated rings. The fraction of sp³-hybridized carbons (Fsp3) is 0.200. The van der Waals surface area contributed by atoms with E-state index in [1.54, 1.807) is 19.4 Å². The maximum Gasteiger partial charge on any atom is 0.236 e. The number of carbonyl (C=O) groups excluding carboxylic acids is 2. The number of furan rings is 1. The summed E-state index contributed by atoms with van der Waals surface area (Å²) in [6.07, 6.45) is 1.40. The number of anilines is 1. The van der Waals surface area contributed by atoms with Gasteiger partial charge in [-0.25, -0.2) is 9.97 Å². The third-order valence-corrected chi connectivity index (χ3v) is 4.03. The van der Waals surface area contributed by atoms with Crippen molar-refractivity contribution in [3.63, 3.8) is 0 Å². The molecule has 0 saturated heterocycles. The molecule has 0 bridgehead atoms. The maximum atomic E-state index is 12.0. The molecule has 6 nitrogen and oxygen atoms in total. The number of Topliss-reactive ketones (excluding diaryl/α,β-unsaturated/α-hetero) is 1. The molecule has 0 saturated carbocycles. The molecule has 0 aliphatic heterocycles. The Balaban J connectivity index is 2.08. The van der Waals surface area contributed by atoms with Gasteiger partial charge >= 0.3 is 0 Å². The Hall–Kier alpha value is -2.54. The number of thiophene rings is 1. The average molecular weight is 315 g/mol. The highest BCUT2D eigenvalue weighted by Crippen LogP contribution is 2.32. The summed E-state index contributed by atoms with van der Waals surface area (Å²) in [5.74, 6) is 0.333. The first-order valence-corrected chi connectivity index (χ1v) is 7.49. The summed E-state index contributed by atoms with van der Waals surface area (Å²) in [4.78, 5) is 33.3. The van der Waals surface area contributed by atoms with E-state index in [0.29, 0.717) is 11.5 Å². The van der Waals surface area contributed by atoms with Crippen LogP contribution in [0.5, 0.6) is 0 Å². The van der Waals surface area contributed by atoms with Crippen LogP contribution >= 0.6 is 11.3 Å². The minimum absolute atomic E-state index is 0.169. The van der Waals surface area contributed by atoms with Crippen molar-refractivity contribution in [1.29, 1.82) is 0 Å². The number of hydrogen-bond acceptors (Lipinski definition) is 6. The summed E-state index contributed by atoms with van der Waals surface area (Å²) in [5.41, 5.74) is 1.38. The standard InChI is InChI=1S/C15H13N3O3S/c1-9(19)8-12(20)18(2)15-16-10-5-7-22-14(10)13(17-15)11-4-3-6-21-11/h3-7H,8H2,1-2H3. The summed E-state index contributed by atoms with van der Waals surface area (Å²) >= 11 is 1.51. The number of amides is 1. The van der Waals surface area contributed by atoms with E-state index < -0.39 is 0 Å². The summed E-state index contributed by atoms with van der Waals surface area (Å²) in [6.45, 7) is 1.38. The summed E-state index contributed by atoms with van der Waals surface area (Å²) < 4.78 is 6.31. The molecule has 1 amide bonds. The molecule has 3 heterocycles. The molecule has 112 valence electrons. The van der Waals surface area contributed by atoms with Gasteiger partial charge in [-0.05, 0) is 30.5 Å². The van der Waals surface area contributed by atoms with Gasteiger partial charge in [-0.2, -0.15) is 0 Å². The van der Waals surface area contributed by atoms with E-state index in [9.17, 15) is 9.59 Å². The third-order valence-electron chi connectivity index (χ3n) is 3.12. The van der Waals surface area contributed by atoms with Crippen LogP contribution in [0.25, 0.3) is 21.7 Å². The minimum atomic E-state index is -0.340. The quantitative estimate of drug-likeness (QED) is 0.692. The summed E-state index contributed by atoms with van der Waals surface area (Å²) in [6, 6.07) is 5.45. The minimum Gasteiger partial charge on any atom is -0.463 e. The fourth-order valence-electron chi connectivity index (χ4n) is 2.02. The highest BCUT2D eigenvalue weighted by atomic mass is 32.1. The van der Waals surface area contributed by atoms with Gasteiger partial charge in [-0.3, -0.25) is 14.5 Å². The molecule has 0 aliphatic rings. The molecule has 3 aromatic heterocycles. The van der Waals surface area contributed by atoms with E-state index in [-0.39, 0.29) is 24.1 Å². The molecule has 0 aromatic carbocycles. The van der Waals surface area contributed by atoms with Crippen LogP contribution in [0.4, 0.5) is 5.95 Å². The molecule has 0 radical (unpaired) electrons. The van der Waals surface area contributed by atoms with Crippen LogP contribution in [-0.4, -0.2) is 28.7 Å². The Bertz CT molecular complexity index is 839. The van der Waals surface area contributed by atoms with Gasteiger partial charge in [-0.1, -0.05) is 0 Å². The Kier molecular flexibility index (Phi) is 3.72. The number of rotatable bonds is 4.